The van der Waals surface area contributed by atoms with Gasteiger partial charge in [0.1, 0.15) is 11.7 Å². The monoisotopic (exact) mass is 444 g/mol. The molecule has 2 aliphatic rings. The summed E-state index contributed by atoms with van der Waals surface area (Å²) in [6.07, 6.45) is 3.06. The van der Waals surface area contributed by atoms with Crippen molar-refractivity contribution in [2.75, 3.05) is 29.9 Å². The van der Waals surface area contributed by atoms with Crippen molar-refractivity contribution in [3.63, 3.8) is 0 Å². The number of hydrogen-bond donors (Lipinski definition) is 2. The Morgan fingerprint density at radius 3 is 2.81 bits per heavy atom. The molecule has 164 valence electrons. The van der Waals surface area contributed by atoms with Gasteiger partial charge in [-0.3, -0.25) is 14.5 Å². The van der Waals surface area contributed by atoms with E-state index in [4.69, 9.17) is 0 Å². The minimum atomic E-state index is -3.77. The molecule has 0 aliphatic carbocycles. The van der Waals surface area contributed by atoms with Crippen molar-refractivity contribution in [3.8, 4) is 0 Å². The van der Waals surface area contributed by atoms with Crippen LogP contribution >= 0.6 is 0 Å². The fourth-order valence-electron chi connectivity index (χ4n) is 4.03. The normalized spacial score (nSPS) is 15.9. The van der Waals surface area contributed by atoms with Crippen LogP contribution in [-0.4, -0.2) is 39.8 Å². The smallest absolute Gasteiger partial charge is 0.262 e. The third kappa shape index (κ3) is 4.71. The average Bonchev–Trinajstić information content (AvgIpc) is 3.23. The van der Waals surface area contributed by atoms with E-state index in [0.717, 1.165) is 30.4 Å². The number of aryl methyl sites for hydroxylation is 1. The molecule has 0 atom stereocenters. The van der Waals surface area contributed by atoms with Crippen molar-refractivity contribution < 1.29 is 17.6 Å². The molecule has 0 aromatic heterocycles. The van der Waals surface area contributed by atoms with Gasteiger partial charge in [-0.2, -0.15) is 0 Å². The van der Waals surface area contributed by atoms with E-state index in [2.05, 4.69) is 15.0 Å². The number of sulfonamides is 1. The highest BCUT2D eigenvalue weighted by Gasteiger charge is 2.24. The Hall–Kier alpha value is -2.94. The SMILES string of the molecule is Cc1ccc(F)c2c1CCCN2CC(=O)Nc1cccc(S(=O)(=O)NC2=NCCC2)c1. The third-order valence-electron chi connectivity index (χ3n) is 5.53. The van der Waals surface area contributed by atoms with Crippen LogP contribution in [-0.2, 0) is 21.2 Å². The summed E-state index contributed by atoms with van der Waals surface area (Å²) in [5, 5.41) is 2.73. The standard InChI is InChI=1S/C22H25FN4O3S/c1-15-9-10-19(23)22-18(15)7-4-12-27(22)14-21(28)25-16-5-2-6-17(13-16)31(29,30)26-20-8-3-11-24-20/h2,5-6,9-10,13H,3-4,7-8,11-12,14H2,1H3,(H,24,26)(H,25,28). The van der Waals surface area contributed by atoms with Gasteiger partial charge in [-0.1, -0.05) is 12.1 Å². The number of halogens is 1. The van der Waals surface area contributed by atoms with E-state index in [1.165, 1.54) is 18.2 Å². The van der Waals surface area contributed by atoms with Crippen LogP contribution in [0.1, 0.15) is 30.4 Å². The minimum Gasteiger partial charge on any atom is -0.360 e. The number of carbonyl (C=O) groups excluding carboxylic acids is 1. The number of amidine groups is 1. The molecule has 2 N–H and O–H groups in total. The van der Waals surface area contributed by atoms with Gasteiger partial charge in [-0.25, -0.2) is 12.8 Å². The van der Waals surface area contributed by atoms with Crippen LogP contribution in [0.2, 0.25) is 0 Å². The van der Waals surface area contributed by atoms with Crippen molar-refractivity contribution in [1.29, 1.82) is 0 Å². The number of nitrogens with one attached hydrogen (secondary N) is 2. The zero-order valence-corrected chi connectivity index (χ0v) is 18.1. The summed E-state index contributed by atoms with van der Waals surface area (Å²) in [7, 11) is -3.77. The molecule has 0 saturated heterocycles. The van der Waals surface area contributed by atoms with Crippen LogP contribution in [0.15, 0.2) is 46.3 Å². The van der Waals surface area contributed by atoms with E-state index in [1.807, 2.05) is 6.92 Å². The van der Waals surface area contributed by atoms with Gasteiger partial charge in [0.15, 0.2) is 0 Å². The molecule has 2 heterocycles. The van der Waals surface area contributed by atoms with E-state index >= 15 is 0 Å². The molecule has 0 fully saturated rings. The molecule has 7 nitrogen and oxygen atoms in total. The quantitative estimate of drug-likeness (QED) is 0.742. The first-order chi connectivity index (χ1) is 14.8. The summed E-state index contributed by atoms with van der Waals surface area (Å²) in [6.45, 7) is 3.13. The fourth-order valence-corrected chi connectivity index (χ4v) is 5.17. The molecule has 0 radical (unpaired) electrons. The van der Waals surface area contributed by atoms with E-state index in [0.29, 0.717) is 36.7 Å². The van der Waals surface area contributed by atoms with Crippen LogP contribution in [0.25, 0.3) is 0 Å². The van der Waals surface area contributed by atoms with Crippen LogP contribution in [0.3, 0.4) is 0 Å². The molecule has 2 aromatic carbocycles. The van der Waals surface area contributed by atoms with Crippen LogP contribution in [0.4, 0.5) is 15.8 Å². The van der Waals surface area contributed by atoms with Crippen LogP contribution in [0.5, 0.6) is 0 Å². The fraction of sp³-hybridized carbons (Fsp3) is 0.364. The molecule has 2 aromatic rings. The zero-order valence-electron chi connectivity index (χ0n) is 17.3. The molecule has 4 rings (SSSR count). The molecule has 9 heteroatoms. The number of fused-ring (bicyclic) bond motifs is 1. The third-order valence-corrected chi connectivity index (χ3v) is 6.91. The Balaban J connectivity index is 1.47. The summed E-state index contributed by atoms with van der Waals surface area (Å²) < 4.78 is 42.2. The Kier molecular flexibility index (Phi) is 5.95. The predicted molar refractivity (Wildman–Crippen MR) is 119 cm³/mol. The van der Waals surface area contributed by atoms with Gasteiger partial charge in [-0.05, 0) is 61.6 Å². The van der Waals surface area contributed by atoms with Gasteiger partial charge in [0.2, 0.25) is 5.91 Å². The topological polar surface area (TPSA) is 90.9 Å². The van der Waals surface area contributed by atoms with Crippen molar-refractivity contribution in [2.45, 2.75) is 37.5 Å². The molecule has 0 saturated carbocycles. The van der Waals surface area contributed by atoms with Crippen LogP contribution in [0, 0.1) is 12.7 Å². The van der Waals surface area contributed by atoms with Crippen LogP contribution < -0.4 is 14.9 Å². The maximum atomic E-state index is 14.5. The molecule has 31 heavy (non-hydrogen) atoms. The number of carbonyl (C=O) groups is 1. The summed E-state index contributed by atoms with van der Waals surface area (Å²) in [5.74, 6) is -0.214. The molecule has 0 unspecified atom stereocenters. The number of nitrogens with zero attached hydrogens (tertiary/aromatic N) is 2. The number of aliphatic imine (C=N–C) groups is 1. The van der Waals surface area contributed by atoms with Gasteiger partial charge < -0.3 is 10.2 Å². The molecular weight excluding hydrogens is 419 g/mol. The summed E-state index contributed by atoms with van der Waals surface area (Å²) >= 11 is 0. The minimum absolute atomic E-state index is 0.0145. The average molecular weight is 445 g/mol. The van der Waals surface area contributed by atoms with Crippen molar-refractivity contribution in [1.82, 2.24) is 4.72 Å². The Bertz CT molecular complexity index is 1150. The summed E-state index contributed by atoms with van der Waals surface area (Å²) in [5.41, 5.74) is 2.80. The molecule has 2 aliphatic heterocycles. The van der Waals surface area contributed by atoms with Gasteiger partial charge in [0.25, 0.3) is 10.0 Å². The number of amides is 1. The second-order valence-electron chi connectivity index (χ2n) is 7.83. The molecule has 1 amide bonds. The lowest BCUT2D eigenvalue weighted by molar-refractivity contribution is -0.115. The molecule has 0 bridgehead atoms. The van der Waals surface area contributed by atoms with Crippen molar-refractivity contribution >= 4 is 33.1 Å². The second kappa shape index (κ2) is 8.66. The molecule has 0 spiro atoms. The van der Waals surface area contributed by atoms with Crippen molar-refractivity contribution in [2.24, 2.45) is 4.99 Å². The Labute approximate surface area is 181 Å². The largest absolute Gasteiger partial charge is 0.360 e. The first kappa shape index (κ1) is 21.3. The lowest BCUT2D eigenvalue weighted by Crippen LogP contribution is -2.37. The number of anilines is 2. The van der Waals surface area contributed by atoms with Gasteiger partial charge >= 0.3 is 0 Å². The highest BCUT2D eigenvalue weighted by molar-refractivity contribution is 7.90. The first-order valence-corrected chi connectivity index (χ1v) is 11.8. The Morgan fingerprint density at radius 1 is 1.19 bits per heavy atom. The number of hydrogen-bond acceptors (Lipinski definition) is 5. The number of benzene rings is 2. The number of rotatable bonds is 5. The second-order valence-corrected chi connectivity index (χ2v) is 9.51. The summed E-state index contributed by atoms with van der Waals surface area (Å²) in [6, 6.07) is 9.26. The van der Waals surface area contributed by atoms with E-state index in [9.17, 15) is 17.6 Å². The maximum Gasteiger partial charge on any atom is 0.262 e. The predicted octanol–water partition coefficient (Wildman–Crippen LogP) is 3.00. The first-order valence-electron chi connectivity index (χ1n) is 10.3. The zero-order chi connectivity index (χ0) is 22.0. The Morgan fingerprint density at radius 2 is 2.03 bits per heavy atom. The van der Waals surface area contributed by atoms with Gasteiger partial charge in [-0.15, -0.1) is 0 Å². The van der Waals surface area contributed by atoms with Gasteiger partial charge in [0.05, 0.1) is 17.1 Å². The molecular formula is C22H25FN4O3S. The highest BCUT2D eigenvalue weighted by atomic mass is 32.2. The van der Waals surface area contributed by atoms with E-state index < -0.39 is 10.0 Å². The lowest BCUT2D eigenvalue weighted by Gasteiger charge is -2.32. The highest BCUT2D eigenvalue weighted by Crippen LogP contribution is 2.32. The van der Waals surface area contributed by atoms with Gasteiger partial charge in [0, 0.05) is 25.2 Å². The van der Waals surface area contributed by atoms with Crippen molar-refractivity contribution in [3.05, 3.63) is 53.3 Å². The maximum absolute atomic E-state index is 14.5. The van der Waals surface area contributed by atoms with E-state index in [1.54, 1.807) is 23.1 Å². The van der Waals surface area contributed by atoms with E-state index in [-0.39, 0.29) is 23.2 Å². The summed E-state index contributed by atoms with van der Waals surface area (Å²) in [4.78, 5) is 18.6. The lowest BCUT2D eigenvalue weighted by atomic mass is 9.96.